The molecule has 2 aromatic heterocycles. The van der Waals surface area contributed by atoms with Crippen LogP contribution >= 0.6 is 27.3 Å². The minimum Gasteiger partial charge on any atom is -0.341 e. The summed E-state index contributed by atoms with van der Waals surface area (Å²) < 4.78 is 1.91. The third-order valence-corrected chi connectivity index (χ3v) is 7.28. The van der Waals surface area contributed by atoms with Gasteiger partial charge >= 0.3 is 6.03 Å². The van der Waals surface area contributed by atoms with Gasteiger partial charge in [-0.05, 0) is 65.7 Å². The number of anilines is 2. The van der Waals surface area contributed by atoms with Gasteiger partial charge in [-0.15, -0.1) is 6.58 Å². The highest BCUT2D eigenvalue weighted by atomic mass is 79.9. The Kier molecular flexibility index (Phi) is 6.82. The van der Waals surface area contributed by atoms with Crippen LogP contribution in [0.1, 0.15) is 26.2 Å². The average Bonchev–Trinajstić information content (AvgIpc) is 3.18. The molecule has 2 amide bonds. The quantitative estimate of drug-likeness (QED) is 0.439. The standard InChI is InChI=1S/C22H25BrN6OS/c1-3-5-14-6-8-29(9-7-14)20-25-12-16(13-26-20)15-10-17(23)19-18(11-15)27-22(31-19)28-21(30)24-4-2/h3,10-14H,1,4-9H2,2H3,(H2,24,27,28,30). The Morgan fingerprint density at radius 1 is 1.29 bits per heavy atom. The van der Waals surface area contributed by atoms with Gasteiger partial charge in [-0.3, -0.25) is 5.32 Å². The number of urea groups is 1. The van der Waals surface area contributed by atoms with E-state index in [-0.39, 0.29) is 6.03 Å². The van der Waals surface area contributed by atoms with E-state index in [9.17, 15) is 4.79 Å². The fraction of sp³-hybridized carbons (Fsp3) is 0.364. The molecule has 1 aromatic carbocycles. The molecule has 162 valence electrons. The van der Waals surface area contributed by atoms with Crippen LogP contribution in [0.15, 0.2) is 41.7 Å². The zero-order chi connectivity index (χ0) is 21.8. The van der Waals surface area contributed by atoms with Gasteiger partial charge in [-0.2, -0.15) is 0 Å². The van der Waals surface area contributed by atoms with Gasteiger partial charge in [0.05, 0.1) is 10.2 Å². The number of halogens is 1. The van der Waals surface area contributed by atoms with Crippen LogP contribution in [0.5, 0.6) is 0 Å². The van der Waals surface area contributed by atoms with Crippen molar-refractivity contribution in [2.24, 2.45) is 5.92 Å². The number of hydrogen-bond donors (Lipinski definition) is 2. The van der Waals surface area contributed by atoms with E-state index in [1.54, 1.807) is 0 Å². The molecule has 0 bridgehead atoms. The third-order valence-electron chi connectivity index (χ3n) is 5.37. The Hall–Kier alpha value is -2.52. The highest BCUT2D eigenvalue weighted by molar-refractivity contribution is 9.10. The molecule has 0 unspecified atom stereocenters. The molecule has 0 spiro atoms. The first kappa shape index (κ1) is 21.7. The normalized spacial score (nSPS) is 14.6. The minimum absolute atomic E-state index is 0.254. The Labute approximate surface area is 194 Å². The highest BCUT2D eigenvalue weighted by Gasteiger charge is 2.20. The van der Waals surface area contributed by atoms with Crippen molar-refractivity contribution in [1.82, 2.24) is 20.3 Å². The van der Waals surface area contributed by atoms with Gasteiger partial charge in [0.1, 0.15) is 0 Å². The van der Waals surface area contributed by atoms with Crippen molar-refractivity contribution in [3.63, 3.8) is 0 Å². The molecule has 0 radical (unpaired) electrons. The summed E-state index contributed by atoms with van der Waals surface area (Å²) >= 11 is 5.07. The van der Waals surface area contributed by atoms with Crippen LogP contribution in [-0.2, 0) is 0 Å². The molecule has 1 fully saturated rings. The number of nitrogens with zero attached hydrogens (tertiary/aromatic N) is 4. The average molecular weight is 501 g/mol. The van der Waals surface area contributed by atoms with Gasteiger partial charge in [0.2, 0.25) is 5.95 Å². The first-order valence-corrected chi connectivity index (χ1v) is 12.0. The van der Waals surface area contributed by atoms with Gasteiger partial charge in [0, 0.05) is 42.1 Å². The highest BCUT2D eigenvalue weighted by Crippen LogP contribution is 2.36. The lowest BCUT2D eigenvalue weighted by Crippen LogP contribution is -2.34. The molecule has 1 aliphatic heterocycles. The summed E-state index contributed by atoms with van der Waals surface area (Å²) in [5, 5.41) is 6.05. The van der Waals surface area contributed by atoms with E-state index >= 15 is 0 Å². The maximum atomic E-state index is 11.8. The SMILES string of the molecule is C=CCC1CCN(c2ncc(-c3cc(Br)c4sc(NC(=O)NCC)nc4c3)cn2)CC1. The number of carbonyl (C=O) groups excluding carboxylic acids is 1. The first-order chi connectivity index (χ1) is 15.1. The zero-order valence-corrected chi connectivity index (χ0v) is 19.8. The molecule has 1 aliphatic rings. The second-order valence-corrected chi connectivity index (χ2v) is 9.39. The van der Waals surface area contributed by atoms with Crippen molar-refractivity contribution >= 4 is 54.6 Å². The molecule has 3 heterocycles. The summed E-state index contributed by atoms with van der Waals surface area (Å²) in [6.07, 6.45) is 9.14. The predicted octanol–water partition coefficient (Wildman–Crippen LogP) is 5.45. The first-order valence-electron chi connectivity index (χ1n) is 10.4. The van der Waals surface area contributed by atoms with Gasteiger partial charge in [0.15, 0.2) is 5.13 Å². The number of aromatic nitrogens is 3. The molecule has 7 nitrogen and oxygen atoms in total. The zero-order valence-electron chi connectivity index (χ0n) is 17.4. The lowest BCUT2D eigenvalue weighted by molar-refractivity contribution is 0.252. The molecule has 3 aromatic rings. The maximum absolute atomic E-state index is 11.8. The number of amides is 2. The summed E-state index contributed by atoms with van der Waals surface area (Å²) in [4.78, 5) is 27.8. The smallest absolute Gasteiger partial charge is 0.321 e. The molecular weight excluding hydrogens is 476 g/mol. The van der Waals surface area contributed by atoms with Gasteiger partial charge in [-0.25, -0.2) is 19.7 Å². The number of hydrogen-bond acceptors (Lipinski definition) is 6. The van der Waals surface area contributed by atoms with Gasteiger partial charge in [0.25, 0.3) is 0 Å². The number of thiazole rings is 1. The number of fused-ring (bicyclic) bond motifs is 1. The Morgan fingerprint density at radius 2 is 2.03 bits per heavy atom. The van der Waals surface area contributed by atoms with Crippen molar-refractivity contribution in [1.29, 1.82) is 0 Å². The van der Waals surface area contributed by atoms with Crippen LogP contribution in [0.3, 0.4) is 0 Å². The molecule has 4 rings (SSSR count). The molecule has 0 saturated carbocycles. The van der Waals surface area contributed by atoms with Crippen LogP contribution in [0.2, 0.25) is 0 Å². The lowest BCUT2D eigenvalue weighted by atomic mass is 9.94. The van der Waals surface area contributed by atoms with Crippen molar-refractivity contribution in [2.45, 2.75) is 26.2 Å². The number of benzene rings is 1. The monoisotopic (exact) mass is 500 g/mol. The van der Waals surface area contributed by atoms with Crippen molar-refractivity contribution in [3.05, 3.63) is 41.7 Å². The van der Waals surface area contributed by atoms with Gasteiger partial charge < -0.3 is 10.2 Å². The predicted molar refractivity (Wildman–Crippen MR) is 131 cm³/mol. The van der Waals surface area contributed by atoms with Crippen LogP contribution < -0.4 is 15.5 Å². The molecular formula is C22H25BrN6OS. The molecule has 9 heteroatoms. The Balaban J connectivity index is 1.50. The number of allylic oxidation sites excluding steroid dienone is 1. The third kappa shape index (κ3) is 5.04. The Bertz CT molecular complexity index is 1080. The summed E-state index contributed by atoms with van der Waals surface area (Å²) in [6, 6.07) is 3.78. The Morgan fingerprint density at radius 3 is 2.71 bits per heavy atom. The maximum Gasteiger partial charge on any atom is 0.321 e. The summed E-state index contributed by atoms with van der Waals surface area (Å²) in [5.41, 5.74) is 2.72. The van der Waals surface area contributed by atoms with E-state index in [1.165, 1.54) is 11.3 Å². The van der Waals surface area contributed by atoms with E-state index in [0.717, 1.165) is 70.0 Å². The molecule has 0 atom stereocenters. The minimum atomic E-state index is -0.254. The fourth-order valence-corrected chi connectivity index (χ4v) is 5.29. The summed E-state index contributed by atoms with van der Waals surface area (Å²) in [6.45, 7) is 8.25. The molecule has 2 N–H and O–H groups in total. The van der Waals surface area contributed by atoms with E-state index in [1.807, 2.05) is 37.5 Å². The molecule has 31 heavy (non-hydrogen) atoms. The van der Waals surface area contributed by atoms with Crippen LogP contribution in [0, 0.1) is 5.92 Å². The van der Waals surface area contributed by atoms with Crippen LogP contribution in [-0.4, -0.2) is 40.6 Å². The van der Waals surface area contributed by atoms with Crippen molar-refractivity contribution in [3.8, 4) is 11.1 Å². The van der Waals surface area contributed by atoms with E-state index in [0.29, 0.717) is 11.7 Å². The largest absolute Gasteiger partial charge is 0.341 e. The van der Waals surface area contributed by atoms with Crippen LogP contribution in [0.4, 0.5) is 15.9 Å². The van der Waals surface area contributed by atoms with Gasteiger partial charge in [-0.1, -0.05) is 17.4 Å². The topological polar surface area (TPSA) is 83.0 Å². The number of carbonyl (C=O) groups is 1. The van der Waals surface area contributed by atoms with E-state index in [4.69, 9.17) is 0 Å². The van der Waals surface area contributed by atoms with Crippen molar-refractivity contribution in [2.75, 3.05) is 29.9 Å². The fourth-order valence-electron chi connectivity index (χ4n) is 3.75. The second-order valence-electron chi connectivity index (χ2n) is 7.54. The number of nitrogens with one attached hydrogen (secondary N) is 2. The molecule has 0 aliphatic carbocycles. The van der Waals surface area contributed by atoms with E-state index < -0.39 is 0 Å². The molecule has 1 saturated heterocycles. The second kappa shape index (κ2) is 9.74. The number of rotatable bonds is 6. The van der Waals surface area contributed by atoms with Crippen LogP contribution in [0.25, 0.3) is 21.3 Å². The summed E-state index contributed by atoms with van der Waals surface area (Å²) in [7, 11) is 0. The van der Waals surface area contributed by atoms with Crippen molar-refractivity contribution < 1.29 is 4.79 Å². The lowest BCUT2D eigenvalue weighted by Gasteiger charge is -2.31. The van der Waals surface area contributed by atoms with E-state index in [2.05, 4.69) is 53.0 Å². The summed E-state index contributed by atoms with van der Waals surface area (Å²) in [5.74, 6) is 1.51. The number of piperidine rings is 1.